The number of nitrogens with one attached hydrogen (secondary N) is 1. The van der Waals surface area contributed by atoms with E-state index in [1.165, 1.54) is 19.3 Å². The molecule has 3 aromatic rings. The lowest BCUT2D eigenvalue weighted by Crippen LogP contribution is -2.27. The van der Waals surface area contributed by atoms with Crippen molar-refractivity contribution >= 4 is 40.3 Å². The van der Waals surface area contributed by atoms with Gasteiger partial charge >= 0.3 is 12.1 Å². The van der Waals surface area contributed by atoms with Crippen LogP contribution in [0.15, 0.2) is 77.7 Å². The molecule has 0 saturated carbocycles. The van der Waals surface area contributed by atoms with Crippen molar-refractivity contribution in [2.24, 2.45) is 0 Å². The molecule has 0 bridgehead atoms. The summed E-state index contributed by atoms with van der Waals surface area (Å²) < 4.78 is 11.2. The Bertz CT molecular complexity index is 1130. The van der Waals surface area contributed by atoms with Crippen LogP contribution in [0, 0.1) is 0 Å². The Morgan fingerprint density at radius 2 is 1.72 bits per heavy atom. The lowest BCUT2D eigenvalue weighted by molar-refractivity contribution is -0.131. The second-order valence-electron chi connectivity index (χ2n) is 6.80. The van der Waals surface area contributed by atoms with Crippen LogP contribution in [0.1, 0.15) is 11.7 Å². The quantitative estimate of drug-likeness (QED) is 0.317. The number of aliphatic carboxylic acids is 1. The Hall–Kier alpha value is -3.49. The van der Waals surface area contributed by atoms with E-state index in [1.54, 1.807) is 54.2 Å². The minimum atomic E-state index is -1.15. The lowest BCUT2D eigenvalue weighted by atomic mass is 9.96. The molecule has 0 aromatic heterocycles. The Labute approximate surface area is 189 Å². The number of anilines is 1. The van der Waals surface area contributed by atoms with Gasteiger partial charge in [-0.2, -0.15) is 0 Å². The molecule has 0 fully saturated rings. The third-order valence-corrected chi connectivity index (χ3v) is 5.55. The standard InChI is InChI=1S/C24H23NO6S/c1-30-21(13-14-22(27)28)23(19-11-12-20(26)18-6-4-3-5-17(18)19)31-24(29)25-15-7-9-16(32-2)10-8-15/h3-14,21,23,26H,1-2H3,(H,25,29)(H,27,28)/b14-13+/t21-,23-/m1/s1. The first-order valence-electron chi connectivity index (χ1n) is 9.69. The smallest absolute Gasteiger partial charge is 0.412 e. The highest BCUT2D eigenvalue weighted by Gasteiger charge is 2.28. The third kappa shape index (κ3) is 5.60. The van der Waals surface area contributed by atoms with Crippen LogP contribution in [-0.2, 0) is 14.3 Å². The van der Waals surface area contributed by atoms with Crippen LogP contribution < -0.4 is 5.32 Å². The summed E-state index contributed by atoms with van der Waals surface area (Å²) in [6.45, 7) is 0. The van der Waals surface area contributed by atoms with Crippen molar-refractivity contribution < 1.29 is 29.3 Å². The molecule has 2 atom stereocenters. The topological polar surface area (TPSA) is 105 Å². The van der Waals surface area contributed by atoms with Crippen molar-refractivity contribution in [1.29, 1.82) is 0 Å². The fraction of sp³-hybridized carbons (Fsp3) is 0.167. The molecule has 166 valence electrons. The molecule has 0 saturated heterocycles. The first-order valence-corrected chi connectivity index (χ1v) is 10.9. The van der Waals surface area contributed by atoms with E-state index in [0.29, 0.717) is 22.0 Å². The van der Waals surface area contributed by atoms with E-state index >= 15 is 0 Å². The van der Waals surface area contributed by atoms with Crippen molar-refractivity contribution in [3.63, 3.8) is 0 Å². The monoisotopic (exact) mass is 453 g/mol. The number of amides is 1. The number of fused-ring (bicyclic) bond motifs is 1. The first kappa shape index (κ1) is 23.2. The predicted molar refractivity (Wildman–Crippen MR) is 124 cm³/mol. The molecule has 7 nitrogen and oxygen atoms in total. The molecule has 1 amide bonds. The van der Waals surface area contributed by atoms with E-state index in [9.17, 15) is 14.7 Å². The zero-order chi connectivity index (χ0) is 23.1. The fourth-order valence-corrected chi connectivity index (χ4v) is 3.69. The van der Waals surface area contributed by atoms with Crippen LogP contribution in [0.5, 0.6) is 5.75 Å². The molecule has 3 aromatic carbocycles. The highest BCUT2D eigenvalue weighted by molar-refractivity contribution is 7.98. The average Bonchev–Trinajstić information content (AvgIpc) is 2.79. The second-order valence-corrected chi connectivity index (χ2v) is 7.68. The van der Waals surface area contributed by atoms with E-state index < -0.39 is 24.3 Å². The number of hydrogen-bond acceptors (Lipinski definition) is 6. The summed E-state index contributed by atoms with van der Waals surface area (Å²) in [6.07, 6.45) is 1.62. The number of aromatic hydroxyl groups is 1. The molecular formula is C24H23NO6S. The van der Waals surface area contributed by atoms with Gasteiger partial charge in [-0.15, -0.1) is 11.8 Å². The minimum absolute atomic E-state index is 0.0801. The molecular weight excluding hydrogens is 430 g/mol. The largest absolute Gasteiger partial charge is 0.507 e. The summed E-state index contributed by atoms with van der Waals surface area (Å²) in [5, 5.41) is 23.2. The molecule has 32 heavy (non-hydrogen) atoms. The van der Waals surface area contributed by atoms with Crippen LogP contribution in [0.4, 0.5) is 10.5 Å². The first-order chi connectivity index (χ1) is 15.4. The van der Waals surface area contributed by atoms with E-state index in [0.717, 1.165) is 11.0 Å². The SMILES string of the molecule is CO[C@H](/C=C/C(=O)O)[C@H](OC(=O)Nc1ccc(SC)cc1)c1ccc(O)c2ccccc12. The number of carboxylic acids is 1. The number of carbonyl (C=O) groups excluding carboxylic acids is 1. The zero-order valence-electron chi connectivity index (χ0n) is 17.5. The van der Waals surface area contributed by atoms with E-state index in [2.05, 4.69) is 5.32 Å². The van der Waals surface area contributed by atoms with Gasteiger partial charge in [0.05, 0.1) is 0 Å². The Morgan fingerprint density at radius 3 is 2.34 bits per heavy atom. The van der Waals surface area contributed by atoms with Gasteiger partial charge in [-0.1, -0.05) is 30.3 Å². The maximum absolute atomic E-state index is 12.7. The Kier molecular flexibility index (Phi) is 7.75. The van der Waals surface area contributed by atoms with Gasteiger partial charge in [-0.25, -0.2) is 9.59 Å². The molecule has 8 heteroatoms. The van der Waals surface area contributed by atoms with E-state index in [4.69, 9.17) is 14.6 Å². The number of ether oxygens (including phenoxy) is 2. The van der Waals surface area contributed by atoms with Gasteiger partial charge in [0.15, 0.2) is 6.10 Å². The second kappa shape index (κ2) is 10.7. The molecule has 0 unspecified atom stereocenters. The summed E-state index contributed by atoms with van der Waals surface area (Å²) in [5.74, 6) is -1.07. The molecule has 0 aliphatic carbocycles. The Balaban J connectivity index is 1.96. The fourth-order valence-electron chi connectivity index (χ4n) is 3.28. The van der Waals surface area contributed by atoms with Gasteiger partial charge in [0.1, 0.15) is 11.9 Å². The molecule has 0 heterocycles. The van der Waals surface area contributed by atoms with Gasteiger partial charge < -0.3 is 19.7 Å². The minimum Gasteiger partial charge on any atom is -0.507 e. The van der Waals surface area contributed by atoms with Gasteiger partial charge in [0, 0.05) is 34.7 Å². The van der Waals surface area contributed by atoms with Crippen LogP contribution >= 0.6 is 11.8 Å². The summed E-state index contributed by atoms with van der Waals surface area (Å²) in [5.41, 5.74) is 1.12. The number of thioether (sulfide) groups is 1. The number of benzene rings is 3. The summed E-state index contributed by atoms with van der Waals surface area (Å²) in [6, 6.07) is 17.5. The van der Waals surface area contributed by atoms with Crippen molar-refractivity contribution in [3.05, 3.63) is 78.4 Å². The van der Waals surface area contributed by atoms with E-state index in [1.807, 2.05) is 18.4 Å². The number of carboxylic acid groups (broad SMARTS) is 1. The summed E-state index contributed by atoms with van der Waals surface area (Å²) in [7, 11) is 1.40. The van der Waals surface area contributed by atoms with Crippen LogP contribution in [-0.4, -0.2) is 41.7 Å². The van der Waals surface area contributed by atoms with Gasteiger partial charge in [0.2, 0.25) is 0 Å². The predicted octanol–water partition coefficient (Wildman–Crippen LogP) is 5.21. The van der Waals surface area contributed by atoms with E-state index in [-0.39, 0.29) is 5.75 Å². The highest BCUT2D eigenvalue weighted by Crippen LogP contribution is 2.35. The number of phenols is 1. The maximum atomic E-state index is 12.7. The molecule has 0 aliphatic rings. The Morgan fingerprint density at radius 1 is 1.03 bits per heavy atom. The summed E-state index contributed by atoms with van der Waals surface area (Å²) >= 11 is 1.58. The van der Waals surface area contributed by atoms with Crippen molar-refractivity contribution in [1.82, 2.24) is 0 Å². The average molecular weight is 454 g/mol. The van der Waals surface area contributed by atoms with Crippen molar-refractivity contribution in [3.8, 4) is 5.75 Å². The number of phenolic OH excluding ortho intramolecular Hbond substituents is 1. The molecule has 3 N–H and O–H groups in total. The zero-order valence-corrected chi connectivity index (χ0v) is 18.3. The van der Waals surface area contributed by atoms with Crippen molar-refractivity contribution in [2.45, 2.75) is 17.1 Å². The summed E-state index contributed by atoms with van der Waals surface area (Å²) in [4.78, 5) is 24.8. The molecule has 0 aliphatic heterocycles. The highest BCUT2D eigenvalue weighted by atomic mass is 32.2. The number of rotatable bonds is 8. The van der Waals surface area contributed by atoms with Gasteiger partial charge in [0.25, 0.3) is 0 Å². The third-order valence-electron chi connectivity index (χ3n) is 4.81. The maximum Gasteiger partial charge on any atom is 0.412 e. The van der Waals surface area contributed by atoms with Crippen LogP contribution in [0.2, 0.25) is 0 Å². The lowest BCUT2D eigenvalue weighted by Gasteiger charge is -2.25. The molecule has 0 spiro atoms. The number of methoxy groups -OCH3 is 1. The number of hydrogen-bond donors (Lipinski definition) is 3. The molecule has 3 rings (SSSR count). The number of carbonyl (C=O) groups is 2. The van der Waals surface area contributed by atoms with Crippen LogP contribution in [0.3, 0.4) is 0 Å². The van der Waals surface area contributed by atoms with Crippen LogP contribution in [0.25, 0.3) is 10.8 Å². The normalized spacial score (nSPS) is 13.1. The molecule has 0 radical (unpaired) electrons. The van der Waals surface area contributed by atoms with Gasteiger partial charge in [-0.05, 0) is 48.0 Å². The van der Waals surface area contributed by atoms with Crippen molar-refractivity contribution in [2.75, 3.05) is 18.7 Å². The van der Waals surface area contributed by atoms with Gasteiger partial charge in [-0.3, -0.25) is 5.32 Å².